The molecule has 0 radical (unpaired) electrons. The quantitative estimate of drug-likeness (QED) is 0.796. The first-order valence-electron chi connectivity index (χ1n) is 5.02. The molecule has 1 aliphatic rings. The molecule has 2 rings (SSSR count). The summed E-state index contributed by atoms with van der Waals surface area (Å²) in [6.07, 6.45) is 2.77. The van der Waals surface area contributed by atoms with Crippen molar-refractivity contribution in [1.82, 2.24) is 10.3 Å². The molecule has 0 amide bonds. The minimum absolute atomic E-state index is 0.462. The minimum atomic E-state index is 0.462. The van der Waals surface area contributed by atoms with E-state index in [0.717, 1.165) is 17.9 Å². The monoisotopic (exact) mass is 203 g/mol. The second kappa shape index (κ2) is 4.28. The van der Waals surface area contributed by atoms with Crippen LogP contribution in [0.5, 0.6) is 5.75 Å². The third-order valence-corrected chi connectivity index (χ3v) is 2.54. The Kier molecular flexibility index (Phi) is 2.84. The maximum atomic E-state index is 8.71. The number of hydrogen-bond acceptors (Lipinski definition) is 4. The van der Waals surface area contributed by atoms with Crippen molar-refractivity contribution < 1.29 is 4.74 Å². The lowest BCUT2D eigenvalue weighted by Gasteiger charge is -2.27. The predicted molar refractivity (Wildman–Crippen MR) is 55.6 cm³/mol. The normalized spacial score (nSPS) is 19.1. The zero-order chi connectivity index (χ0) is 10.7. The standard InChI is InChI=1S/C11H13N3O/c1-8-4-10(6-14-11(8)5-12)15-7-9-2-3-13-9/h4,6,9,13H,2-3,7H2,1H3/t9-/m0/s1. The van der Waals surface area contributed by atoms with Crippen LogP contribution in [-0.2, 0) is 0 Å². The van der Waals surface area contributed by atoms with E-state index in [1.54, 1.807) is 6.20 Å². The van der Waals surface area contributed by atoms with Crippen LogP contribution in [0.1, 0.15) is 17.7 Å². The molecule has 1 atom stereocenters. The predicted octanol–water partition coefficient (Wildman–Crippen LogP) is 1.00. The summed E-state index contributed by atoms with van der Waals surface area (Å²) < 4.78 is 5.56. The summed E-state index contributed by atoms with van der Waals surface area (Å²) in [5.74, 6) is 0.736. The maximum absolute atomic E-state index is 8.71. The second-order valence-electron chi connectivity index (χ2n) is 3.70. The van der Waals surface area contributed by atoms with Crippen molar-refractivity contribution in [2.24, 2.45) is 0 Å². The largest absolute Gasteiger partial charge is 0.490 e. The van der Waals surface area contributed by atoms with Gasteiger partial charge in [0.05, 0.1) is 6.20 Å². The molecule has 0 saturated carbocycles. The Hall–Kier alpha value is -1.60. The molecular formula is C11H13N3O. The molecular weight excluding hydrogens is 190 g/mol. The maximum Gasteiger partial charge on any atom is 0.143 e. The lowest BCUT2D eigenvalue weighted by Crippen LogP contribution is -2.46. The number of nitriles is 1. The van der Waals surface area contributed by atoms with E-state index in [-0.39, 0.29) is 0 Å². The SMILES string of the molecule is Cc1cc(OC[C@@H]2CCN2)cnc1C#N. The van der Waals surface area contributed by atoms with Crippen molar-refractivity contribution in [3.05, 3.63) is 23.5 Å². The fraction of sp³-hybridized carbons (Fsp3) is 0.455. The number of aryl methyl sites for hydroxylation is 1. The summed E-state index contributed by atoms with van der Waals surface area (Å²) in [5.41, 5.74) is 1.32. The molecule has 1 aliphatic heterocycles. The molecule has 0 unspecified atom stereocenters. The van der Waals surface area contributed by atoms with Crippen molar-refractivity contribution in [1.29, 1.82) is 5.26 Å². The highest BCUT2D eigenvalue weighted by Gasteiger charge is 2.16. The number of rotatable bonds is 3. The molecule has 1 aromatic rings. The van der Waals surface area contributed by atoms with Gasteiger partial charge in [-0.15, -0.1) is 0 Å². The Labute approximate surface area is 88.9 Å². The number of nitrogens with zero attached hydrogens (tertiary/aromatic N) is 2. The van der Waals surface area contributed by atoms with Crippen LogP contribution in [0.25, 0.3) is 0 Å². The molecule has 0 aromatic carbocycles. The fourth-order valence-corrected chi connectivity index (χ4v) is 1.43. The van der Waals surface area contributed by atoms with Gasteiger partial charge in [0.1, 0.15) is 24.1 Å². The Balaban J connectivity index is 1.97. The van der Waals surface area contributed by atoms with Gasteiger partial charge < -0.3 is 10.1 Å². The third-order valence-electron chi connectivity index (χ3n) is 2.54. The van der Waals surface area contributed by atoms with Crippen molar-refractivity contribution >= 4 is 0 Å². The Morgan fingerprint density at radius 2 is 2.53 bits per heavy atom. The summed E-state index contributed by atoms with van der Waals surface area (Å²) >= 11 is 0. The van der Waals surface area contributed by atoms with E-state index in [2.05, 4.69) is 10.3 Å². The molecule has 78 valence electrons. The van der Waals surface area contributed by atoms with E-state index in [9.17, 15) is 0 Å². The third kappa shape index (κ3) is 2.25. The van der Waals surface area contributed by atoms with Gasteiger partial charge in [-0.25, -0.2) is 4.98 Å². The molecule has 0 bridgehead atoms. The molecule has 15 heavy (non-hydrogen) atoms. The average molecular weight is 203 g/mol. The molecule has 4 heteroatoms. The lowest BCUT2D eigenvalue weighted by molar-refractivity contribution is 0.217. The summed E-state index contributed by atoms with van der Waals surface area (Å²) in [6.45, 7) is 3.62. The molecule has 1 aromatic heterocycles. The molecule has 1 saturated heterocycles. The second-order valence-corrected chi connectivity index (χ2v) is 3.70. The first-order valence-corrected chi connectivity index (χ1v) is 5.02. The number of ether oxygens (including phenoxy) is 1. The van der Waals surface area contributed by atoms with E-state index < -0.39 is 0 Å². The zero-order valence-electron chi connectivity index (χ0n) is 8.66. The van der Waals surface area contributed by atoms with Crippen LogP contribution >= 0.6 is 0 Å². The molecule has 2 heterocycles. The van der Waals surface area contributed by atoms with Crippen LogP contribution < -0.4 is 10.1 Å². The van der Waals surface area contributed by atoms with Gasteiger partial charge in [-0.05, 0) is 31.5 Å². The summed E-state index contributed by atoms with van der Waals surface area (Å²) in [5, 5.41) is 12.0. The highest BCUT2D eigenvalue weighted by Crippen LogP contribution is 2.15. The number of hydrogen-bond donors (Lipinski definition) is 1. The highest BCUT2D eigenvalue weighted by atomic mass is 16.5. The Morgan fingerprint density at radius 1 is 1.73 bits per heavy atom. The molecule has 1 N–H and O–H groups in total. The summed E-state index contributed by atoms with van der Waals surface area (Å²) in [6, 6.07) is 4.36. The Morgan fingerprint density at radius 3 is 3.07 bits per heavy atom. The van der Waals surface area contributed by atoms with Gasteiger partial charge in [0, 0.05) is 6.04 Å². The highest BCUT2D eigenvalue weighted by molar-refractivity contribution is 5.35. The first-order chi connectivity index (χ1) is 7.29. The summed E-state index contributed by atoms with van der Waals surface area (Å²) in [4.78, 5) is 4.01. The van der Waals surface area contributed by atoms with Crippen LogP contribution in [0.15, 0.2) is 12.3 Å². The van der Waals surface area contributed by atoms with Gasteiger partial charge in [-0.3, -0.25) is 0 Å². The molecule has 1 fully saturated rings. The first kappa shape index (κ1) is 9.94. The average Bonchev–Trinajstić information content (AvgIpc) is 2.16. The molecule has 0 spiro atoms. The topological polar surface area (TPSA) is 57.9 Å². The van der Waals surface area contributed by atoms with E-state index in [1.165, 1.54) is 6.42 Å². The molecule has 4 nitrogen and oxygen atoms in total. The smallest absolute Gasteiger partial charge is 0.143 e. The van der Waals surface area contributed by atoms with Crippen molar-refractivity contribution in [2.75, 3.05) is 13.2 Å². The van der Waals surface area contributed by atoms with Crippen molar-refractivity contribution in [3.8, 4) is 11.8 Å². The lowest BCUT2D eigenvalue weighted by atomic mass is 10.1. The minimum Gasteiger partial charge on any atom is -0.490 e. The van der Waals surface area contributed by atoms with E-state index >= 15 is 0 Å². The van der Waals surface area contributed by atoms with Crippen LogP contribution in [0, 0.1) is 18.3 Å². The van der Waals surface area contributed by atoms with Gasteiger partial charge in [0.15, 0.2) is 0 Å². The van der Waals surface area contributed by atoms with Crippen LogP contribution in [0.2, 0.25) is 0 Å². The van der Waals surface area contributed by atoms with Gasteiger partial charge in [0.25, 0.3) is 0 Å². The van der Waals surface area contributed by atoms with Gasteiger partial charge in [0.2, 0.25) is 0 Å². The van der Waals surface area contributed by atoms with E-state index in [1.807, 2.05) is 19.1 Å². The fourth-order valence-electron chi connectivity index (χ4n) is 1.43. The zero-order valence-corrected chi connectivity index (χ0v) is 8.66. The number of aromatic nitrogens is 1. The van der Waals surface area contributed by atoms with Crippen LogP contribution in [0.4, 0.5) is 0 Å². The summed E-state index contributed by atoms with van der Waals surface area (Å²) in [7, 11) is 0. The molecule has 0 aliphatic carbocycles. The van der Waals surface area contributed by atoms with Crippen LogP contribution in [-0.4, -0.2) is 24.2 Å². The van der Waals surface area contributed by atoms with E-state index in [4.69, 9.17) is 10.00 Å². The number of pyridine rings is 1. The van der Waals surface area contributed by atoms with Crippen molar-refractivity contribution in [2.45, 2.75) is 19.4 Å². The van der Waals surface area contributed by atoms with Crippen molar-refractivity contribution in [3.63, 3.8) is 0 Å². The van der Waals surface area contributed by atoms with Gasteiger partial charge >= 0.3 is 0 Å². The number of nitrogens with one attached hydrogen (secondary N) is 1. The van der Waals surface area contributed by atoms with Gasteiger partial charge in [-0.2, -0.15) is 5.26 Å². The van der Waals surface area contributed by atoms with Gasteiger partial charge in [-0.1, -0.05) is 0 Å². The Bertz CT molecular complexity index is 393. The van der Waals surface area contributed by atoms with Crippen LogP contribution in [0.3, 0.4) is 0 Å². The van der Waals surface area contributed by atoms with E-state index in [0.29, 0.717) is 18.3 Å².